The lowest BCUT2D eigenvalue weighted by Gasteiger charge is -2.44. The van der Waals surface area contributed by atoms with E-state index in [4.69, 9.17) is 19.3 Å². The fourth-order valence-electron chi connectivity index (χ4n) is 2.57. The Morgan fingerprint density at radius 2 is 2.04 bits per heavy atom. The molecule has 0 bridgehead atoms. The van der Waals surface area contributed by atoms with Crippen molar-refractivity contribution in [3.63, 3.8) is 0 Å². The molecule has 136 valence electrons. The lowest BCUT2D eigenvalue weighted by molar-refractivity contribution is -0.324. The Hall–Kier alpha value is -0.770. The maximum absolute atomic E-state index is 12.1. The number of esters is 1. The van der Waals surface area contributed by atoms with Gasteiger partial charge in [-0.3, -0.25) is 0 Å². The minimum atomic E-state index is -1.90. The van der Waals surface area contributed by atoms with E-state index in [0.717, 1.165) is 26.4 Å². The molecule has 0 spiro atoms. The molecule has 1 heterocycles. The lowest BCUT2D eigenvalue weighted by Crippen LogP contribution is -2.63. The summed E-state index contributed by atoms with van der Waals surface area (Å²) in [5.74, 6) is -2.76. The van der Waals surface area contributed by atoms with Crippen LogP contribution in [0.3, 0.4) is 0 Å². The zero-order valence-corrected chi connectivity index (χ0v) is 13.7. The second kappa shape index (κ2) is 9.51. The van der Waals surface area contributed by atoms with Crippen molar-refractivity contribution in [2.24, 2.45) is 0 Å². The number of unbranched alkanes of at least 4 members (excludes halogenated alkanes) is 3. The van der Waals surface area contributed by atoms with Crippen LogP contribution in [0.2, 0.25) is 0 Å². The Labute approximate surface area is 136 Å². The minimum Gasteiger partial charge on any atom is -0.465 e. The Morgan fingerprint density at radius 1 is 1.35 bits per heavy atom. The van der Waals surface area contributed by atoms with Gasteiger partial charge in [-0.1, -0.05) is 26.2 Å². The molecule has 1 aliphatic heterocycles. The van der Waals surface area contributed by atoms with Crippen LogP contribution in [0, 0.1) is 0 Å². The maximum atomic E-state index is 12.1. The summed E-state index contributed by atoms with van der Waals surface area (Å²) in [5, 5.41) is 38.7. The van der Waals surface area contributed by atoms with Crippen molar-refractivity contribution < 1.29 is 39.4 Å². The highest BCUT2D eigenvalue weighted by Gasteiger charge is 2.54. The average molecular weight is 336 g/mol. The summed E-state index contributed by atoms with van der Waals surface area (Å²) in [6, 6.07) is 0. The van der Waals surface area contributed by atoms with Crippen LogP contribution in [0.15, 0.2) is 0 Å². The van der Waals surface area contributed by atoms with E-state index >= 15 is 0 Å². The van der Waals surface area contributed by atoms with Crippen LogP contribution < -0.4 is 0 Å². The molecule has 4 N–H and O–H groups in total. The summed E-state index contributed by atoms with van der Waals surface area (Å²) in [6.45, 7) is 1.59. The molecule has 1 fully saturated rings. The number of ether oxygens (including phenoxy) is 3. The Balaban J connectivity index is 2.84. The first kappa shape index (κ1) is 20.3. The molecule has 0 aromatic carbocycles. The van der Waals surface area contributed by atoms with E-state index < -0.39 is 42.8 Å². The lowest BCUT2D eigenvalue weighted by atomic mass is 9.92. The molecule has 8 heteroatoms. The molecule has 1 saturated heterocycles. The highest BCUT2D eigenvalue weighted by Crippen LogP contribution is 2.33. The van der Waals surface area contributed by atoms with E-state index in [9.17, 15) is 20.1 Å². The SMILES string of the molecule is CCCCCCO[C@]1(C(=O)OC)C[C@@H](O)[C@@H](O)C([C@H](O)CO)O1. The van der Waals surface area contributed by atoms with Gasteiger partial charge in [0, 0.05) is 6.42 Å². The molecule has 0 aromatic rings. The Morgan fingerprint density at radius 3 is 2.61 bits per heavy atom. The summed E-state index contributed by atoms with van der Waals surface area (Å²) in [6.07, 6.45) is -2.25. The maximum Gasteiger partial charge on any atom is 0.366 e. The highest BCUT2D eigenvalue weighted by molar-refractivity contribution is 5.78. The van der Waals surface area contributed by atoms with Gasteiger partial charge in [-0.05, 0) is 6.42 Å². The quantitative estimate of drug-likeness (QED) is 0.322. The molecule has 0 radical (unpaired) electrons. The number of rotatable bonds is 9. The van der Waals surface area contributed by atoms with Gasteiger partial charge in [0.1, 0.15) is 18.3 Å². The fraction of sp³-hybridized carbons (Fsp3) is 0.933. The van der Waals surface area contributed by atoms with Crippen molar-refractivity contribution in [2.75, 3.05) is 20.3 Å². The second-order valence-electron chi connectivity index (χ2n) is 5.75. The molecular formula is C15H28O8. The zero-order valence-electron chi connectivity index (χ0n) is 13.7. The zero-order chi connectivity index (χ0) is 17.5. The molecular weight excluding hydrogens is 308 g/mol. The summed E-state index contributed by atoms with van der Waals surface area (Å²) < 4.78 is 15.7. The van der Waals surface area contributed by atoms with Gasteiger partial charge in [-0.25, -0.2) is 4.79 Å². The van der Waals surface area contributed by atoms with Crippen LogP contribution >= 0.6 is 0 Å². The van der Waals surface area contributed by atoms with Gasteiger partial charge in [0.15, 0.2) is 0 Å². The molecule has 8 nitrogen and oxygen atoms in total. The first-order valence-corrected chi connectivity index (χ1v) is 7.97. The molecule has 0 amide bonds. The molecule has 1 aliphatic rings. The van der Waals surface area contributed by atoms with Gasteiger partial charge in [-0.15, -0.1) is 0 Å². The fourth-order valence-corrected chi connectivity index (χ4v) is 2.57. The van der Waals surface area contributed by atoms with E-state index in [1.165, 1.54) is 0 Å². The smallest absolute Gasteiger partial charge is 0.366 e. The topological polar surface area (TPSA) is 126 Å². The van der Waals surface area contributed by atoms with Gasteiger partial charge in [0.05, 0.1) is 26.4 Å². The van der Waals surface area contributed by atoms with Gasteiger partial charge in [0.2, 0.25) is 0 Å². The third-order valence-corrected chi connectivity index (χ3v) is 3.93. The van der Waals surface area contributed by atoms with Crippen molar-refractivity contribution in [1.82, 2.24) is 0 Å². The number of hydrogen-bond donors (Lipinski definition) is 4. The number of aliphatic hydroxyl groups excluding tert-OH is 4. The monoisotopic (exact) mass is 336 g/mol. The summed E-state index contributed by atoms with van der Waals surface area (Å²) in [5.41, 5.74) is 0. The number of hydrogen-bond acceptors (Lipinski definition) is 8. The van der Waals surface area contributed by atoms with Gasteiger partial charge < -0.3 is 34.6 Å². The Bertz CT molecular complexity index is 363. The van der Waals surface area contributed by atoms with Crippen LogP contribution in [-0.2, 0) is 19.0 Å². The molecule has 1 unspecified atom stereocenters. The third kappa shape index (κ3) is 5.10. The first-order chi connectivity index (χ1) is 10.9. The first-order valence-electron chi connectivity index (χ1n) is 7.97. The van der Waals surface area contributed by atoms with Crippen LogP contribution in [0.1, 0.15) is 39.0 Å². The van der Waals surface area contributed by atoms with Gasteiger partial charge in [0.25, 0.3) is 5.79 Å². The normalized spacial score (nSPS) is 32.5. The van der Waals surface area contributed by atoms with Crippen LogP contribution in [0.4, 0.5) is 0 Å². The van der Waals surface area contributed by atoms with E-state index in [1.807, 2.05) is 0 Å². The van der Waals surface area contributed by atoms with Crippen molar-refractivity contribution in [3.05, 3.63) is 0 Å². The van der Waals surface area contributed by atoms with E-state index in [2.05, 4.69) is 6.92 Å². The largest absolute Gasteiger partial charge is 0.465 e. The van der Waals surface area contributed by atoms with Gasteiger partial charge in [-0.2, -0.15) is 0 Å². The summed E-state index contributed by atoms with van der Waals surface area (Å²) >= 11 is 0. The number of carbonyl (C=O) groups excluding carboxylic acids is 1. The van der Waals surface area contributed by atoms with Crippen LogP contribution in [-0.4, -0.2) is 76.9 Å². The molecule has 1 rings (SSSR count). The van der Waals surface area contributed by atoms with Crippen molar-refractivity contribution in [1.29, 1.82) is 0 Å². The van der Waals surface area contributed by atoms with E-state index in [-0.39, 0.29) is 13.0 Å². The highest BCUT2D eigenvalue weighted by atomic mass is 16.7. The Kier molecular flexibility index (Phi) is 8.38. The van der Waals surface area contributed by atoms with E-state index in [0.29, 0.717) is 6.42 Å². The molecule has 23 heavy (non-hydrogen) atoms. The number of aliphatic hydroxyl groups is 4. The molecule has 0 aromatic heterocycles. The predicted octanol–water partition coefficient (Wildman–Crippen LogP) is -0.683. The minimum absolute atomic E-state index is 0.208. The predicted molar refractivity (Wildman–Crippen MR) is 79.4 cm³/mol. The van der Waals surface area contributed by atoms with E-state index in [1.54, 1.807) is 0 Å². The average Bonchev–Trinajstić information content (AvgIpc) is 2.56. The second-order valence-corrected chi connectivity index (χ2v) is 5.75. The third-order valence-electron chi connectivity index (χ3n) is 3.93. The molecule has 0 saturated carbocycles. The number of methoxy groups -OCH3 is 1. The summed E-state index contributed by atoms with van der Waals surface area (Å²) in [7, 11) is 1.16. The number of carbonyl (C=O) groups is 1. The van der Waals surface area contributed by atoms with Gasteiger partial charge >= 0.3 is 5.97 Å². The van der Waals surface area contributed by atoms with Crippen molar-refractivity contribution in [2.45, 2.75) is 69.2 Å². The van der Waals surface area contributed by atoms with Crippen LogP contribution in [0.25, 0.3) is 0 Å². The molecule has 5 atom stereocenters. The van der Waals surface area contributed by atoms with Crippen molar-refractivity contribution >= 4 is 5.97 Å². The standard InChI is InChI=1S/C15H28O8/c1-3-4-5-6-7-22-15(14(20)21-2)8-10(17)12(19)13(23-15)11(18)9-16/h10-13,16-19H,3-9H2,1-2H3/t10-,11-,12-,13?,15-/m1/s1. The summed E-state index contributed by atoms with van der Waals surface area (Å²) in [4.78, 5) is 12.1. The van der Waals surface area contributed by atoms with Crippen LogP contribution in [0.5, 0.6) is 0 Å². The molecule has 0 aliphatic carbocycles. The van der Waals surface area contributed by atoms with Crippen molar-refractivity contribution in [3.8, 4) is 0 Å².